The summed E-state index contributed by atoms with van der Waals surface area (Å²) in [5.74, 6) is -0.265. The molecule has 0 radical (unpaired) electrons. The Morgan fingerprint density at radius 3 is 2.89 bits per heavy atom. The highest BCUT2D eigenvalue weighted by Crippen LogP contribution is 2.26. The van der Waals surface area contributed by atoms with Crippen molar-refractivity contribution >= 4 is 21.6 Å². The molecule has 0 aliphatic heterocycles. The Morgan fingerprint density at radius 1 is 1.22 bits per heavy atom. The van der Waals surface area contributed by atoms with Gasteiger partial charge in [-0.2, -0.15) is 0 Å². The number of hydrogen-bond acceptors (Lipinski definition) is 1. The Labute approximate surface area is 112 Å². The Bertz CT molecular complexity index is 734. The maximum atomic E-state index is 13.8. The van der Waals surface area contributed by atoms with Gasteiger partial charge in [0.25, 0.3) is 0 Å². The number of imidazole rings is 1. The van der Waals surface area contributed by atoms with Crippen LogP contribution < -0.4 is 0 Å². The van der Waals surface area contributed by atoms with Crippen LogP contribution in [0.5, 0.6) is 0 Å². The van der Waals surface area contributed by atoms with Crippen LogP contribution in [0.2, 0.25) is 0 Å². The molecule has 0 amide bonds. The molecule has 0 saturated heterocycles. The second kappa shape index (κ2) is 4.21. The Balaban J connectivity index is 2.22. The number of nitrogens with zero attached hydrogens (tertiary/aromatic N) is 2. The minimum Gasteiger partial charge on any atom is -0.306 e. The molecule has 0 aliphatic carbocycles. The van der Waals surface area contributed by atoms with Crippen LogP contribution in [0.4, 0.5) is 4.39 Å². The van der Waals surface area contributed by atoms with Crippen LogP contribution in [0.15, 0.2) is 47.2 Å². The Kier molecular flexibility index (Phi) is 2.67. The summed E-state index contributed by atoms with van der Waals surface area (Å²) in [4.78, 5) is 4.45. The van der Waals surface area contributed by atoms with E-state index in [-0.39, 0.29) is 5.82 Å². The second-order valence-electron chi connectivity index (χ2n) is 4.22. The first-order valence-electron chi connectivity index (χ1n) is 5.54. The van der Waals surface area contributed by atoms with Gasteiger partial charge < -0.3 is 4.40 Å². The van der Waals surface area contributed by atoms with E-state index in [9.17, 15) is 4.39 Å². The largest absolute Gasteiger partial charge is 0.306 e. The molecule has 0 N–H and O–H groups in total. The van der Waals surface area contributed by atoms with Crippen molar-refractivity contribution in [2.24, 2.45) is 0 Å². The molecule has 3 aromatic rings. The van der Waals surface area contributed by atoms with Crippen LogP contribution >= 0.6 is 15.9 Å². The van der Waals surface area contributed by atoms with Crippen molar-refractivity contribution in [3.8, 4) is 11.3 Å². The van der Waals surface area contributed by atoms with E-state index in [1.807, 2.05) is 35.9 Å². The van der Waals surface area contributed by atoms with Crippen molar-refractivity contribution in [1.29, 1.82) is 0 Å². The van der Waals surface area contributed by atoms with Gasteiger partial charge in [-0.3, -0.25) is 0 Å². The van der Waals surface area contributed by atoms with Crippen LogP contribution in [-0.4, -0.2) is 9.38 Å². The van der Waals surface area contributed by atoms with Gasteiger partial charge in [-0.25, -0.2) is 9.37 Å². The van der Waals surface area contributed by atoms with Crippen molar-refractivity contribution in [1.82, 2.24) is 9.38 Å². The maximum Gasteiger partial charge on any atom is 0.137 e. The van der Waals surface area contributed by atoms with Gasteiger partial charge in [-0.05, 0) is 42.8 Å². The topological polar surface area (TPSA) is 17.3 Å². The molecule has 0 fully saturated rings. The van der Waals surface area contributed by atoms with Gasteiger partial charge in [0, 0.05) is 22.4 Å². The molecule has 0 saturated carbocycles. The number of fused-ring (bicyclic) bond motifs is 1. The minimum absolute atomic E-state index is 0.265. The zero-order valence-electron chi connectivity index (χ0n) is 9.69. The van der Waals surface area contributed by atoms with Crippen LogP contribution in [0.1, 0.15) is 5.56 Å². The van der Waals surface area contributed by atoms with Gasteiger partial charge in [0.15, 0.2) is 0 Å². The van der Waals surface area contributed by atoms with E-state index >= 15 is 0 Å². The zero-order valence-corrected chi connectivity index (χ0v) is 11.3. The highest BCUT2D eigenvalue weighted by Gasteiger charge is 2.09. The van der Waals surface area contributed by atoms with Crippen molar-refractivity contribution in [2.45, 2.75) is 6.92 Å². The van der Waals surface area contributed by atoms with E-state index in [2.05, 4.69) is 20.9 Å². The van der Waals surface area contributed by atoms with Crippen molar-refractivity contribution < 1.29 is 4.39 Å². The second-order valence-corrected chi connectivity index (χ2v) is 5.14. The summed E-state index contributed by atoms with van der Waals surface area (Å²) in [6.45, 7) is 2.01. The zero-order chi connectivity index (χ0) is 12.7. The molecule has 1 aromatic carbocycles. The molecule has 2 heterocycles. The molecule has 90 valence electrons. The number of rotatable bonds is 1. The molecule has 4 heteroatoms. The van der Waals surface area contributed by atoms with E-state index in [4.69, 9.17) is 0 Å². The van der Waals surface area contributed by atoms with E-state index in [1.165, 1.54) is 6.07 Å². The van der Waals surface area contributed by atoms with E-state index in [1.54, 1.807) is 12.1 Å². The number of pyridine rings is 1. The minimum atomic E-state index is -0.265. The van der Waals surface area contributed by atoms with Gasteiger partial charge in [-0.15, -0.1) is 0 Å². The predicted octanol–water partition coefficient (Wildman–Crippen LogP) is 4.21. The summed E-state index contributed by atoms with van der Waals surface area (Å²) in [5, 5.41) is 0. The fourth-order valence-electron chi connectivity index (χ4n) is 1.91. The quantitative estimate of drug-likeness (QED) is 0.658. The molecular formula is C14H10BrFN2. The molecule has 0 bridgehead atoms. The number of aryl methyl sites for hydroxylation is 1. The molecule has 2 nitrogen and oxygen atoms in total. The molecule has 3 rings (SSSR count). The summed E-state index contributed by atoms with van der Waals surface area (Å²) < 4.78 is 16.5. The molecular weight excluding hydrogens is 295 g/mol. The van der Waals surface area contributed by atoms with Crippen LogP contribution in [0.25, 0.3) is 16.9 Å². The number of hydrogen-bond donors (Lipinski definition) is 0. The lowest BCUT2D eigenvalue weighted by atomic mass is 10.1. The van der Waals surface area contributed by atoms with Gasteiger partial charge >= 0.3 is 0 Å². The van der Waals surface area contributed by atoms with E-state index in [0.29, 0.717) is 11.3 Å². The number of aromatic nitrogens is 2. The molecule has 0 atom stereocenters. The van der Waals surface area contributed by atoms with Gasteiger partial charge in [0.05, 0.1) is 5.69 Å². The molecule has 0 unspecified atom stereocenters. The normalized spacial score (nSPS) is 11.1. The first-order valence-corrected chi connectivity index (χ1v) is 6.33. The molecule has 0 aliphatic rings. The standard InChI is InChI=1S/C14H10BrFN2/c1-9-4-5-18-8-13(17-14(18)6-9)11-7-10(15)2-3-12(11)16/h2-8H,1H3. The summed E-state index contributed by atoms with van der Waals surface area (Å²) in [6.07, 6.45) is 3.76. The number of halogens is 2. The van der Waals surface area contributed by atoms with Crippen LogP contribution in [0.3, 0.4) is 0 Å². The number of benzene rings is 1. The SMILES string of the molecule is Cc1ccn2cc(-c3cc(Br)ccc3F)nc2c1. The first-order chi connectivity index (χ1) is 8.63. The van der Waals surface area contributed by atoms with Crippen LogP contribution in [0, 0.1) is 12.7 Å². The fraction of sp³-hybridized carbons (Fsp3) is 0.0714. The lowest BCUT2D eigenvalue weighted by molar-refractivity contribution is 0.630. The summed E-state index contributed by atoms with van der Waals surface area (Å²) >= 11 is 3.35. The fourth-order valence-corrected chi connectivity index (χ4v) is 2.27. The summed E-state index contributed by atoms with van der Waals surface area (Å²) in [6, 6.07) is 8.83. The van der Waals surface area contributed by atoms with E-state index < -0.39 is 0 Å². The third kappa shape index (κ3) is 1.93. The monoisotopic (exact) mass is 304 g/mol. The van der Waals surface area contributed by atoms with Crippen molar-refractivity contribution in [3.63, 3.8) is 0 Å². The maximum absolute atomic E-state index is 13.8. The summed E-state index contributed by atoms with van der Waals surface area (Å²) in [7, 11) is 0. The van der Waals surface area contributed by atoms with Crippen molar-refractivity contribution in [2.75, 3.05) is 0 Å². The highest BCUT2D eigenvalue weighted by atomic mass is 79.9. The Morgan fingerprint density at radius 2 is 2.06 bits per heavy atom. The first kappa shape index (κ1) is 11.4. The molecule has 2 aromatic heterocycles. The lowest BCUT2D eigenvalue weighted by Crippen LogP contribution is -1.83. The van der Waals surface area contributed by atoms with Gasteiger partial charge in [-0.1, -0.05) is 15.9 Å². The molecule has 18 heavy (non-hydrogen) atoms. The van der Waals surface area contributed by atoms with Gasteiger partial charge in [0.1, 0.15) is 11.5 Å². The Hall–Kier alpha value is -1.68. The highest BCUT2D eigenvalue weighted by molar-refractivity contribution is 9.10. The smallest absolute Gasteiger partial charge is 0.137 e. The average Bonchev–Trinajstić information content (AvgIpc) is 2.74. The lowest BCUT2D eigenvalue weighted by Gasteiger charge is -1.99. The van der Waals surface area contributed by atoms with Gasteiger partial charge in [0.2, 0.25) is 0 Å². The average molecular weight is 305 g/mol. The predicted molar refractivity (Wildman–Crippen MR) is 73.0 cm³/mol. The van der Waals surface area contributed by atoms with Crippen LogP contribution in [-0.2, 0) is 0 Å². The molecule has 0 spiro atoms. The van der Waals surface area contributed by atoms with E-state index in [0.717, 1.165) is 15.7 Å². The third-order valence-corrected chi connectivity index (χ3v) is 3.31. The third-order valence-electron chi connectivity index (χ3n) is 2.82. The summed E-state index contributed by atoms with van der Waals surface area (Å²) in [5.41, 5.74) is 3.10. The van der Waals surface area contributed by atoms with Crippen molar-refractivity contribution in [3.05, 3.63) is 58.6 Å².